The smallest absolute Gasteiger partial charge is 0.267 e. The number of hydrogen-bond donors (Lipinski definition) is 2. The first-order chi connectivity index (χ1) is 11.0. The van der Waals surface area contributed by atoms with Crippen LogP contribution >= 0.6 is 0 Å². The van der Waals surface area contributed by atoms with Crippen molar-refractivity contribution >= 4 is 5.91 Å². The Morgan fingerprint density at radius 2 is 2.22 bits per heavy atom. The van der Waals surface area contributed by atoms with Gasteiger partial charge in [0, 0.05) is 18.3 Å². The highest BCUT2D eigenvalue weighted by Gasteiger charge is 2.31. The Hall–Kier alpha value is -2.38. The molecule has 0 aliphatic carbocycles. The number of rotatable bonds is 4. The van der Waals surface area contributed by atoms with Gasteiger partial charge in [-0.3, -0.25) is 14.7 Å². The fraction of sp³-hybridized carbons (Fsp3) is 0.600. The van der Waals surface area contributed by atoms with Gasteiger partial charge in [-0.05, 0) is 19.3 Å². The Balaban J connectivity index is 1.81. The summed E-state index contributed by atoms with van der Waals surface area (Å²) in [6, 6.07) is 0.183. The van der Waals surface area contributed by atoms with E-state index in [0.29, 0.717) is 24.6 Å². The Bertz CT molecular complexity index is 756. The molecule has 1 aliphatic heterocycles. The third kappa shape index (κ3) is 3.06. The van der Waals surface area contributed by atoms with Gasteiger partial charge < -0.3 is 14.6 Å². The number of hydrogen-bond acceptors (Lipinski definition) is 4. The maximum absolute atomic E-state index is 12.6. The van der Waals surface area contributed by atoms with Crippen molar-refractivity contribution in [3.8, 4) is 0 Å². The summed E-state index contributed by atoms with van der Waals surface area (Å²) in [7, 11) is 0. The second-order valence-corrected chi connectivity index (χ2v) is 6.54. The van der Waals surface area contributed by atoms with Gasteiger partial charge >= 0.3 is 0 Å². The van der Waals surface area contributed by atoms with Crippen LogP contribution in [0.15, 0.2) is 11.0 Å². The second-order valence-electron chi connectivity index (χ2n) is 6.54. The van der Waals surface area contributed by atoms with Gasteiger partial charge in [0.1, 0.15) is 5.82 Å². The predicted molar refractivity (Wildman–Crippen MR) is 83.8 cm³/mol. The van der Waals surface area contributed by atoms with Crippen molar-refractivity contribution in [2.75, 3.05) is 6.54 Å². The zero-order valence-electron chi connectivity index (χ0n) is 13.7. The van der Waals surface area contributed by atoms with E-state index in [2.05, 4.69) is 38.8 Å². The average Bonchev–Trinajstić information content (AvgIpc) is 3.05. The third-order valence-corrected chi connectivity index (χ3v) is 4.23. The molecule has 0 radical (unpaired) electrons. The molecule has 0 aromatic carbocycles. The van der Waals surface area contributed by atoms with Crippen molar-refractivity contribution in [3.05, 3.63) is 33.8 Å². The number of aromatic nitrogens is 5. The van der Waals surface area contributed by atoms with Gasteiger partial charge in [0.2, 0.25) is 5.91 Å². The number of carbonyl (C=O) groups is 1. The molecule has 3 heterocycles. The van der Waals surface area contributed by atoms with E-state index in [-0.39, 0.29) is 23.9 Å². The molecule has 2 aromatic heterocycles. The minimum Gasteiger partial charge on any atom is -0.333 e. The highest BCUT2D eigenvalue weighted by Crippen LogP contribution is 2.27. The summed E-state index contributed by atoms with van der Waals surface area (Å²) >= 11 is 0. The van der Waals surface area contributed by atoms with Gasteiger partial charge in [-0.25, -0.2) is 0 Å². The molecule has 124 valence electrons. The van der Waals surface area contributed by atoms with E-state index in [0.717, 1.165) is 18.1 Å². The first-order valence-corrected chi connectivity index (χ1v) is 7.88. The number of fused-ring (bicyclic) bond motifs is 1. The Morgan fingerprint density at radius 1 is 1.43 bits per heavy atom. The number of carbonyl (C=O) groups excluding carboxylic acids is 1. The number of nitrogens with one attached hydrogen (secondary N) is 2. The van der Waals surface area contributed by atoms with Crippen molar-refractivity contribution in [1.29, 1.82) is 0 Å². The van der Waals surface area contributed by atoms with Crippen LogP contribution in [0.25, 0.3) is 0 Å². The van der Waals surface area contributed by atoms with Gasteiger partial charge in [-0.15, -0.1) is 10.2 Å². The fourth-order valence-corrected chi connectivity index (χ4v) is 3.22. The molecule has 0 saturated carbocycles. The van der Waals surface area contributed by atoms with Gasteiger partial charge in [-0.1, -0.05) is 13.8 Å². The maximum Gasteiger partial charge on any atom is 0.267 e. The van der Waals surface area contributed by atoms with Gasteiger partial charge in [0.25, 0.3) is 5.56 Å². The topological polar surface area (TPSA) is 99.7 Å². The van der Waals surface area contributed by atoms with Gasteiger partial charge in [-0.2, -0.15) is 0 Å². The van der Waals surface area contributed by atoms with Gasteiger partial charge in [0.15, 0.2) is 5.82 Å². The van der Waals surface area contributed by atoms with Crippen LogP contribution in [0.1, 0.15) is 43.5 Å². The molecular formula is C15H22N6O2. The Labute approximate surface area is 133 Å². The normalized spacial score (nSPS) is 17.6. The van der Waals surface area contributed by atoms with Crippen molar-refractivity contribution in [1.82, 2.24) is 29.9 Å². The maximum atomic E-state index is 12.6. The van der Waals surface area contributed by atoms with E-state index in [9.17, 15) is 9.59 Å². The second kappa shape index (κ2) is 6.02. The van der Waals surface area contributed by atoms with Crippen LogP contribution in [0.2, 0.25) is 0 Å². The van der Waals surface area contributed by atoms with Gasteiger partial charge in [0.05, 0.1) is 19.0 Å². The van der Waals surface area contributed by atoms with E-state index in [1.165, 1.54) is 0 Å². The molecule has 23 heavy (non-hydrogen) atoms. The van der Waals surface area contributed by atoms with Crippen molar-refractivity contribution in [2.45, 2.75) is 46.2 Å². The minimum atomic E-state index is -0.242. The van der Waals surface area contributed by atoms with Crippen LogP contribution < -0.4 is 5.56 Å². The largest absolute Gasteiger partial charge is 0.333 e. The molecule has 2 N–H and O–H groups in total. The molecule has 0 fully saturated rings. The average molecular weight is 318 g/mol. The van der Waals surface area contributed by atoms with Crippen molar-refractivity contribution in [2.24, 2.45) is 5.92 Å². The highest BCUT2D eigenvalue weighted by molar-refractivity contribution is 5.78. The molecular weight excluding hydrogens is 296 g/mol. The Morgan fingerprint density at radius 3 is 2.87 bits per heavy atom. The zero-order chi connectivity index (χ0) is 16.6. The van der Waals surface area contributed by atoms with Crippen molar-refractivity contribution < 1.29 is 4.79 Å². The lowest BCUT2D eigenvalue weighted by atomic mass is 10.0. The lowest BCUT2D eigenvalue weighted by Gasteiger charge is -2.35. The molecule has 0 spiro atoms. The van der Waals surface area contributed by atoms with Crippen LogP contribution in [-0.4, -0.2) is 42.3 Å². The molecule has 8 heteroatoms. The van der Waals surface area contributed by atoms with Crippen LogP contribution in [-0.2, 0) is 17.8 Å². The monoisotopic (exact) mass is 318 g/mol. The number of H-pyrrole nitrogens is 2. The van der Waals surface area contributed by atoms with E-state index in [1.54, 1.807) is 11.1 Å². The lowest BCUT2D eigenvalue weighted by Crippen LogP contribution is -2.42. The molecule has 0 bridgehead atoms. The van der Waals surface area contributed by atoms with Crippen LogP contribution in [0.5, 0.6) is 0 Å². The first kappa shape index (κ1) is 15.5. The number of aryl methyl sites for hydroxylation is 1. The fourth-order valence-electron chi connectivity index (χ4n) is 3.22. The standard InChI is InChI=1S/C15H22N6O2/c1-9(2)4-12-7-20(8-13-18-17-10(3)21(12)13)14(22)5-11-6-16-19-15(11)23/h6,9,12H,4-5,7-8H2,1-3H3,(H2,16,19,23)/t12-/m0/s1. The van der Waals surface area contributed by atoms with E-state index in [4.69, 9.17) is 0 Å². The summed E-state index contributed by atoms with van der Waals surface area (Å²) < 4.78 is 2.15. The van der Waals surface area contributed by atoms with Crippen LogP contribution in [0, 0.1) is 12.8 Å². The summed E-state index contributed by atoms with van der Waals surface area (Å²) in [4.78, 5) is 25.9. The summed E-state index contributed by atoms with van der Waals surface area (Å²) in [5, 5.41) is 13.4. The molecule has 1 aliphatic rings. The quantitative estimate of drug-likeness (QED) is 0.870. The minimum absolute atomic E-state index is 0.0595. The molecule has 1 amide bonds. The molecule has 0 unspecified atom stereocenters. The van der Waals surface area contributed by atoms with E-state index in [1.807, 2.05) is 6.92 Å². The van der Waals surface area contributed by atoms with Crippen LogP contribution in [0.4, 0.5) is 0 Å². The molecule has 8 nitrogen and oxygen atoms in total. The lowest BCUT2D eigenvalue weighted by molar-refractivity contribution is -0.132. The summed E-state index contributed by atoms with van der Waals surface area (Å²) in [6.45, 7) is 7.35. The SMILES string of the molecule is Cc1nnc2n1[C@@H](CC(C)C)CN(C(=O)Cc1c[nH][nH]c1=O)C2. The molecule has 0 saturated heterocycles. The number of nitrogens with zero attached hydrogens (tertiary/aromatic N) is 4. The molecule has 3 rings (SSSR count). The zero-order valence-corrected chi connectivity index (χ0v) is 13.7. The Kier molecular flexibility index (Phi) is 4.06. The summed E-state index contributed by atoms with van der Waals surface area (Å²) in [6.07, 6.45) is 2.60. The first-order valence-electron chi connectivity index (χ1n) is 7.88. The van der Waals surface area contributed by atoms with E-state index < -0.39 is 0 Å². The predicted octanol–water partition coefficient (Wildman–Crippen LogP) is 0.775. The molecule has 2 aromatic rings. The van der Waals surface area contributed by atoms with Crippen molar-refractivity contribution in [3.63, 3.8) is 0 Å². The number of amides is 1. The molecule has 1 atom stereocenters. The number of aromatic amines is 2. The van der Waals surface area contributed by atoms with E-state index >= 15 is 0 Å². The summed E-state index contributed by atoms with van der Waals surface area (Å²) in [5.41, 5.74) is 0.215. The highest BCUT2D eigenvalue weighted by atomic mass is 16.2. The third-order valence-electron chi connectivity index (χ3n) is 4.23. The summed E-state index contributed by atoms with van der Waals surface area (Å²) in [5.74, 6) is 2.16. The van der Waals surface area contributed by atoms with Crippen LogP contribution in [0.3, 0.4) is 0 Å².